The maximum Gasteiger partial charge on any atom is 0.264 e. The number of carbonyl (C=O) groups is 1. The van der Waals surface area contributed by atoms with Crippen LogP contribution in [0.1, 0.15) is 42.5 Å². The molecule has 0 spiro atoms. The second kappa shape index (κ2) is 8.65. The number of sulfonamides is 1. The lowest BCUT2D eigenvalue weighted by Crippen LogP contribution is -2.29. The lowest BCUT2D eigenvalue weighted by molar-refractivity contribution is 0.100. The number of hydrogen-bond acceptors (Lipinski definition) is 4. The number of benzene rings is 2. The van der Waals surface area contributed by atoms with E-state index in [0.717, 1.165) is 4.31 Å². The van der Waals surface area contributed by atoms with Crippen molar-refractivity contribution in [1.82, 2.24) is 0 Å². The van der Waals surface area contributed by atoms with E-state index in [4.69, 9.17) is 10.5 Å². The van der Waals surface area contributed by atoms with E-state index in [1.54, 1.807) is 30.3 Å². The highest BCUT2D eigenvalue weighted by Gasteiger charge is 2.24. The van der Waals surface area contributed by atoms with Gasteiger partial charge in [-0.1, -0.05) is 31.4 Å². The lowest BCUT2D eigenvalue weighted by atomic mass is 9.90. The van der Waals surface area contributed by atoms with Crippen LogP contribution in [0.2, 0.25) is 0 Å². The minimum Gasteiger partial charge on any atom is -0.493 e. The predicted octanol–water partition coefficient (Wildman–Crippen LogP) is 3.57. The number of carbonyl (C=O) groups excluding carboxylic acids is 1. The second-order valence-electron chi connectivity index (χ2n) is 7.14. The number of ether oxygens (including phenoxy) is 1. The third-order valence-electron chi connectivity index (χ3n) is 5.20. The van der Waals surface area contributed by atoms with Crippen molar-refractivity contribution in [2.24, 2.45) is 11.7 Å². The highest BCUT2D eigenvalue weighted by molar-refractivity contribution is 7.92. The summed E-state index contributed by atoms with van der Waals surface area (Å²) in [5.41, 5.74) is 5.77. The van der Waals surface area contributed by atoms with Crippen LogP contribution in [0.3, 0.4) is 0 Å². The van der Waals surface area contributed by atoms with Gasteiger partial charge in [-0.2, -0.15) is 0 Å². The third kappa shape index (κ3) is 4.47. The van der Waals surface area contributed by atoms with Gasteiger partial charge < -0.3 is 10.5 Å². The van der Waals surface area contributed by atoms with Crippen LogP contribution in [0.25, 0.3) is 0 Å². The van der Waals surface area contributed by atoms with Gasteiger partial charge in [0.2, 0.25) is 0 Å². The largest absolute Gasteiger partial charge is 0.493 e. The Morgan fingerprint density at radius 3 is 2.36 bits per heavy atom. The summed E-state index contributed by atoms with van der Waals surface area (Å²) < 4.78 is 32.8. The molecule has 1 saturated carbocycles. The molecule has 2 aromatic carbocycles. The van der Waals surface area contributed by atoms with Gasteiger partial charge in [-0.25, -0.2) is 8.42 Å². The smallest absolute Gasteiger partial charge is 0.264 e. The fourth-order valence-electron chi connectivity index (χ4n) is 3.52. The Labute approximate surface area is 166 Å². The molecule has 0 unspecified atom stereocenters. The topological polar surface area (TPSA) is 89.7 Å². The van der Waals surface area contributed by atoms with Crippen LogP contribution in [-0.2, 0) is 10.0 Å². The molecule has 0 aromatic heterocycles. The average Bonchev–Trinajstić information content (AvgIpc) is 2.72. The molecule has 2 aromatic rings. The quantitative estimate of drug-likeness (QED) is 0.767. The normalized spacial score (nSPS) is 15.2. The van der Waals surface area contributed by atoms with Gasteiger partial charge in [0.05, 0.1) is 22.8 Å². The molecule has 1 fully saturated rings. The summed E-state index contributed by atoms with van der Waals surface area (Å²) in [7, 11) is -2.42. The van der Waals surface area contributed by atoms with Gasteiger partial charge in [0.15, 0.2) is 0 Å². The highest BCUT2D eigenvalue weighted by atomic mass is 32.2. The minimum atomic E-state index is -3.83. The molecular weight excluding hydrogens is 376 g/mol. The molecule has 28 heavy (non-hydrogen) atoms. The molecule has 6 nitrogen and oxygen atoms in total. The molecular formula is C21H26N2O4S. The van der Waals surface area contributed by atoms with Gasteiger partial charge in [0.25, 0.3) is 15.9 Å². The maximum atomic E-state index is 13.0. The molecule has 3 rings (SSSR count). The minimum absolute atomic E-state index is 0.124. The Bertz CT molecular complexity index is 920. The number of anilines is 1. The Hall–Kier alpha value is -2.54. The number of amides is 1. The van der Waals surface area contributed by atoms with Crippen molar-refractivity contribution in [3.05, 3.63) is 54.1 Å². The fraction of sp³-hybridized carbons (Fsp3) is 0.381. The molecule has 150 valence electrons. The summed E-state index contributed by atoms with van der Waals surface area (Å²) in [5.74, 6) is 0.558. The van der Waals surface area contributed by atoms with Crippen molar-refractivity contribution in [3.63, 3.8) is 0 Å². The standard InChI is InChI=1S/C21H26N2O4S/c1-23(20-10-6-5-9-19(20)21(22)24)28(25,26)18-13-11-17(12-14-18)27-15-16-7-3-2-4-8-16/h5-6,9-14,16H,2-4,7-8,15H2,1H3,(H2,22,24). The van der Waals surface area contributed by atoms with Crippen LogP contribution in [-0.4, -0.2) is 28.0 Å². The van der Waals surface area contributed by atoms with Gasteiger partial charge in [0.1, 0.15) is 5.75 Å². The van der Waals surface area contributed by atoms with Gasteiger partial charge in [-0.05, 0) is 55.2 Å². The average molecular weight is 403 g/mol. The first kappa shape index (κ1) is 20.2. The number of primary amides is 1. The Morgan fingerprint density at radius 1 is 1.07 bits per heavy atom. The van der Waals surface area contributed by atoms with E-state index in [2.05, 4.69) is 0 Å². The van der Waals surface area contributed by atoms with Crippen LogP contribution in [0.5, 0.6) is 5.75 Å². The van der Waals surface area contributed by atoms with Crippen molar-refractivity contribution >= 4 is 21.6 Å². The molecule has 0 heterocycles. The molecule has 7 heteroatoms. The number of hydrogen-bond donors (Lipinski definition) is 1. The maximum absolute atomic E-state index is 13.0. The zero-order chi connectivity index (χ0) is 20.1. The molecule has 1 amide bonds. The van der Waals surface area contributed by atoms with Crippen molar-refractivity contribution < 1.29 is 17.9 Å². The predicted molar refractivity (Wildman–Crippen MR) is 109 cm³/mol. The molecule has 1 aliphatic carbocycles. The summed E-state index contributed by atoms with van der Waals surface area (Å²) in [6.07, 6.45) is 6.19. The van der Waals surface area contributed by atoms with Crippen LogP contribution in [0, 0.1) is 5.92 Å². The van der Waals surface area contributed by atoms with Crippen LogP contribution in [0.4, 0.5) is 5.69 Å². The molecule has 2 N–H and O–H groups in total. The number of para-hydroxylation sites is 1. The van der Waals surface area contributed by atoms with Gasteiger partial charge in [0, 0.05) is 7.05 Å². The molecule has 0 atom stereocenters. The Balaban J connectivity index is 1.74. The van der Waals surface area contributed by atoms with E-state index >= 15 is 0 Å². The number of nitrogens with two attached hydrogens (primary N) is 1. The van der Waals surface area contributed by atoms with E-state index in [9.17, 15) is 13.2 Å². The van der Waals surface area contributed by atoms with Crippen molar-refractivity contribution in [2.75, 3.05) is 18.0 Å². The van der Waals surface area contributed by atoms with Crippen molar-refractivity contribution in [2.45, 2.75) is 37.0 Å². The summed E-state index contributed by atoms with van der Waals surface area (Å²) in [6.45, 7) is 0.665. The molecule has 0 saturated heterocycles. The Kier molecular flexibility index (Phi) is 6.24. The van der Waals surface area contributed by atoms with E-state index < -0.39 is 15.9 Å². The summed E-state index contributed by atoms with van der Waals surface area (Å²) in [6, 6.07) is 12.8. The van der Waals surface area contributed by atoms with Gasteiger partial charge >= 0.3 is 0 Å². The lowest BCUT2D eigenvalue weighted by Gasteiger charge is -2.22. The van der Waals surface area contributed by atoms with E-state index in [1.807, 2.05) is 0 Å². The highest BCUT2D eigenvalue weighted by Crippen LogP contribution is 2.28. The zero-order valence-electron chi connectivity index (χ0n) is 16.0. The number of rotatable bonds is 7. The molecule has 0 bridgehead atoms. The summed E-state index contributed by atoms with van der Waals surface area (Å²) in [5, 5.41) is 0. The first-order valence-electron chi connectivity index (χ1n) is 9.50. The first-order chi connectivity index (χ1) is 13.4. The molecule has 1 aliphatic rings. The first-order valence-corrected chi connectivity index (χ1v) is 10.9. The summed E-state index contributed by atoms with van der Waals surface area (Å²) >= 11 is 0. The van der Waals surface area contributed by atoms with Crippen LogP contribution in [0.15, 0.2) is 53.4 Å². The molecule has 0 aliphatic heterocycles. The van der Waals surface area contributed by atoms with E-state index in [-0.39, 0.29) is 16.1 Å². The monoisotopic (exact) mass is 402 g/mol. The summed E-state index contributed by atoms with van der Waals surface area (Å²) in [4.78, 5) is 11.7. The fourth-order valence-corrected chi connectivity index (χ4v) is 4.73. The Morgan fingerprint density at radius 2 is 1.71 bits per heavy atom. The van der Waals surface area contributed by atoms with Crippen LogP contribution < -0.4 is 14.8 Å². The second-order valence-corrected chi connectivity index (χ2v) is 9.11. The molecule has 0 radical (unpaired) electrons. The van der Waals surface area contributed by atoms with Crippen molar-refractivity contribution in [1.29, 1.82) is 0 Å². The van der Waals surface area contributed by atoms with E-state index in [1.165, 1.54) is 57.4 Å². The van der Waals surface area contributed by atoms with Gasteiger partial charge in [-0.15, -0.1) is 0 Å². The SMILES string of the molecule is CN(c1ccccc1C(N)=O)S(=O)(=O)c1ccc(OCC2CCCCC2)cc1. The third-order valence-corrected chi connectivity index (χ3v) is 6.99. The number of nitrogens with zero attached hydrogens (tertiary/aromatic N) is 1. The van der Waals surface area contributed by atoms with Gasteiger partial charge in [-0.3, -0.25) is 9.10 Å². The van der Waals surface area contributed by atoms with Crippen LogP contribution >= 0.6 is 0 Å². The van der Waals surface area contributed by atoms with E-state index in [0.29, 0.717) is 18.3 Å². The van der Waals surface area contributed by atoms with Crippen molar-refractivity contribution in [3.8, 4) is 5.75 Å². The zero-order valence-corrected chi connectivity index (χ0v) is 16.8.